The van der Waals surface area contributed by atoms with Gasteiger partial charge in [-0.15, -0.1) is 0 Å². The van der Waals surface area contributed by atoms with Crippen molar-refractivity contribution in [3.8, 4) is 5.75 Å². The molecule has 0 radical (unpaired) electrons. The lowest BCUT2D eigenvalue weighted by Gasteiger charge is -2.12. The van der Waals surface area contributed by atoms with Crippen LogP contribution in [-0.4, -0.2) is 18.9 Å². The first-order valence-corrected chi connectivity index (χ1v) is 7.68. The number of urea groups is 1. The average molecular weight is 338 g/mol. The molecule has 0 saturated carbocycles. The molecule has 0 aromatic heterocycles. The Morgan fingerprint density at radius 1 is 1.17 bits per heavy atom. The summed E-state index contributed by atoms with van der Waals surface area (Å²) in [5, 5.41) is 5.25. The fourth-order valence-corrected chi connectivity index (χ4v) is 2.55. The van der Waals surface area contributed by atoms with Crippen LogP contribution in [-0.2, 0) is 6.54 Å². The van der Waals surface area contributed by atoms with Crippen molar-refractivity contribution in [3.63, 3.8) is 0 Å². The number of carbonyl (C=O) groups is 1. The molecule has 122 valence electrons. The molecular weight excluding hydrogens is 322 g/mol. The quantitative estimate of drug-likeness (QED) is 0.771. The first kappa shape index (κ1) is 17.1. The summed E-state index contributed by atoms with van der Waals surface area (Å²) in [6.45, 7) is 0.264. The number of hydrogen-bond acceptors (Lipinski definition) is 3. The Morgan fingerprint density at radius 2 is 1.87 bits per heavy atom. The molecule has 2 aromatic carbocycles. The molecule has 0 heterocycles. The zero-order valence-corrected chi connectivity index (χ0v) is 13.2. The zero-order valence-electron chi connectivity index (χ0n) is 12.4. The van der Waals surface area contributed by atoms with E-state index < -0.39 is 11.8 Å². The van der Waals surface area contributed by atoms with E-state index in [2.05, 4.69) is 10.6 Å². The largest absolute Gasteiger partial charge is 0.496 e. The van der Waals surface area contributed by atoms with Gasteiger partial charge in [-0.2, -0.15) is 8.78 Å². The third-order valence-corrected chi connectivity index (χ3v) is 3.77. The number of amides is 2. The van der Waals surface area contributed by atoms with E-state index >= 15 is 0 Å². The Labute approximate surface area is 137 Å². The number of alkyl halides is 2. The summed E-state index contributed by atoms with van der Waals surface area (Å²) in [6, 6.07) is 13.3. The van der Waals surface area contributed by atoms with E-state index in [4.69, 9.17) is 4.74 Å². The van der Waals surface area contributed by atoms with Gasteiger partial charge in [-0.25, -0.2) is 4.79 Å². The summed E-state index contributed by atoms with van der Waals surface area (Å²) in [5.74, 6) is -1.88. The van der Waals surface area contributed by atoms with Gasteiger partial charge >= 0.3 is 6.03 Å². The highest BCUT2D eigenvalue weighted by Gasteiger charge is 2.12. The second kappa shape index (κ2) is 8.38. The maximum atomic E-state index is 12.5. The van der Waals surface area contributed by atoms with Crippen LogP contribution in [0, 0.1) is 0 Å². The lowest BCUT2D eigenvalue weighted by atomic mass is 10.2. The van der Waals surface area contributed by atoms with Gasteiger partial charge in [0.25, 0.3) is 5.76 Å². The van der Waals surface area contributed by atoms with Gasteiger partial charge in [0.05, 0.1) is 12.8 Å². The van der Waals surface area contributed by atoms with Crippen LogP contribution in [0.1, 0.15) is 5.56 Å². The predicted molar refractivity (Wildman–Crippen MR) is 87.2 cm³/mol. The van der Waals surface area contributed by atoms with Gasteiger partial charge in [-0.3, -0.25) is 0 Å². The number of thioether (sulfide) groups is 1. The van der Waals surface area contributed by atoms with Gasteiger partial charge < -0.3 is 15.4 Å². The van der Waals surface area contributed by atoms with E-state index in [-0.39, 0.29) is 6.54 Å². The number of anilines is 1. The van der Waals surface area contributed by atoms with Crippen LogP contribution in [0.3, 0.4) is 0 Å². The van der Waals surface area contributed by atoms with Crippen LogP contribution in [0.5, 0.6) is 5.75 Å². The van der Waals surface area contributed by atoms with Crippen molar-refractivity contribution >= 4 is 23.5 Å². The summed E-state index contributed by atoms with van der Waals surface area (Å²) in [6.07, 6.45) is 0. The van der Waals surface area contributed by atoms with Crippen molar-refractivity contribution < 1.29 is 18.3 Å². The molecule has 0 saturated heterocycles. The third kappa shape index (κ3) is 5.14. The van der Waals surface area contributed by atoms with Gasteiger partial charge in [-0.1, -0.05) is 42.1 Å². The minimum absolute atomic E-state index is 0.264. The van der Waals surface area contributed by atoms with Crippen molar-refractivity contribution in [2.75, 3.05) is 12.4 Å². The number of nitrogens with one attached hydrogen (secondary N) is 2. The maximum absolute atomic E-state index is 12.5. The van der Waals surface area contributed by atoms with Crippen LogP contribution in [0.2, 0.25) is 0 Å². The summed E-state index contributed by atoms with van der Waals surface area (Å²) >= 11 is 0.392. The highest BCUT2D eigenvalue weighted by molar-refractivity contribution is 7.99. The van der Waals surface area contributed by atoms with E-state index in [1.165, 1.54) is 6.07 Å². The fourth-order valence-electron chi connectivity index (χ4n) is 1.96. The van der Waals surface area contributed by atoms with Crippen LogP contribution < -0.4 is 15.4 Å². The molecule has 0 spiro atoms. The third-order valence-electron chi connectivity index (χ3n) is 2.98. The molecule has 2 rings (SSSR count). The number of para-hydroxylation sites is 2. The summed E-state index contributed by atoms with van der Waals surface area (Å²) in [4.78, 5) is 12.3. The van der Waals surface area contributed by atoms with Gasteiger partial charge in [0.15, 0.2) is 0 Å². The minimum atomic E-state index is -2.55. The van der Waals surface area contributed by atoms with E-state index in [1.807, 2.05) is 18.2 Å². The molecule has 2 aromatic rings. The number of rotatable bonds is 6. The Bertz CT molecular complexity index is 668. The maximum Gasteiger partial charge on any atom is 0.319 e. The number of carbonyl (C=O) groups excluding carboxylic acids is 1. The van der Waals surface area contributed by atoms with Gasteiger partial charge in [0, 0.05) is 17.0 Å². The molecule has 0 atom stereocenters. The molecule has 0 fully saturated rings. The topological polar surface area (TPSA) is 50.4 Å². The Morgan fingerprint density at radius 3 is 2.61 bits per heavy atom. The molecule has 4 nitrogen and oxygen atoms in total. The van der Waals surface area contributed by atoms with Crippen molar-refractivity contribution in [1.29, 1.82) is 0 Å². The van der Waals surface area contributed by atoms with Crippen molar-refractivity contribution in [2.45, 2.75) is 17.2 Å². The number of halogens is 2. The number of benzene rings is 2. The molecule has 0 aliphatic carbocycles. The van der Waals surface area contributed by atoms with Gasteiger partial charge in [0.2, 0.25) is 0 Å². The molecule has 0 bridgehead atoms. The second-order valence-electron chi connectivity index (χ2n) is 4.49. The van der Waals surface area contributed by atoms with Gasteiger partial charge in [0.1, 0.15) is 5.75 Å². The van der Waals surface area contributed by atoms with Gasteiger partial charge in [-0.05, 0) is 18.2 Å². The van der Waals surface area contributed by atoms with Crippen molar-refractivity contribution in [2.24, 2.45) is 0 Å². The molecule has 0 aliphatic heterocycles. The van der Waals surface area contributed by atoms with E-state index in [9.17, 15) is 13.6 Å². The van der Waals surface area contributed by atoms with Crippen molar-refractivity contribution in [1.82, 2.24) is 5.32 Å². The molecule has 7 heteroatoms. The lowest BCUT2D eigenvalue weighted by molar-refractivity contribution is 0.250. The zero-order chi connectivity index (χ0) is 16.7. The van der Waals surface area contributed by atoms with Crippen LogP contribution in [0.4, 0.5) is 19.3 Å². The predicted octanol–water partition coefficient (Wildman–Crippen LogP) is 4.33. The highest BCUT2D eigenvalue weighted by Crippen LogP contribution is 2.31. The minimum Gasteiger partial charge on any atom is -0.496 e. The van der Waals surface area contributed by atoms with E-state index in [1.54, 1.807) is 31.4 Å². The van der Waals surface area contributed by atoms with Crippen LogP contribution >= 0.6 is 11.8 Å². The van der Waals surface area contributed by atoms with Crippen molar-refractivity contribution in [3.05, 3.63) is 54.1 Å². The molecule has 2 N–H and O–H groups in total. The molecule has 0 unspecified atom stereocenters. The van der Waals surface area contributed by atoms with Crippen LogP contribution in [0.15, 0.2) is 53.4 Å². The summed E-state index contributed by atoms with van der Waals surface area (Å²) in [7, 11) is 1.55. The Kier molecular flexibility index (Phi) is 6.22. The Balaban J connectivity index is 1.97. The standard InChI is InChI=1S/C16H16F2N2O2S/c1-22-13-8-4-2-6-11(13)10-19-16(21)20-12-7-3-5-9-14(12)23-15(17)18/h2-9,15H,10H2,1H3,(H2,19,20,21). The first-order valence-electron chi connectivity index (χ1n) is 6.80. The monoisotopic (exact) mass is 338 g/mol. The molecular formula is C16H16F2N2O2S. The summed E-state index contributed by atoms with van der Waals surface area (Å²) < 4.78 is 30.2. The lowest BCUT2D eigenvalue weighted by Crippen LogP contribution is -2.28. The SMILES string of the molecule is COc1ccccc1CNC(=O)Nc1ccccc1SC(F)F. The number of hydrogen-bond donors (Lipinski definition) is 2. The molecule has 0 aliphatic rings. The number of methoxy groups -OCH3 is 1. The van der Waals surface area contributed by atoms with E-state index in [0.717, 1.165) is 5.56 Å². The first-order chi connectivity index (χ1) is 11.1. The molecule has 23 heavy (non-hydrogen) atoms. The second-order valence-corrected chi connectivity index (χ2v) is 5.53. The normalized spacial score (nSPS) is 10.4. The highest BCUT2D eigenvalue weighted by atomic mass is 32.2. The number of ether oxygens (including phenoxy) is 1. The van der Waals surface area contributed by atoms with E-state index in [0.29, 0.717) is 28.1 Å². The van der Waals surface area contributed by atoms with Crippen LogP contribution in [0.25, 0.3) is 0 Å². The fraction of sp³-hybridized carbons (Fsp3) is 0.188. The molecule has 2 amide bonds. The smallest absolute Gasteiger partial charge is 0.319 e. The average Bonchev–Trinajstić information content (AvgIpc) is 2.54. The summed E-state index contributed by atoms with van der Waals surface area (Å²) in [5.41, 5.74) is 1.16. The Hall–Kier alpha value is -2.28.